The number of aryl methyl sites for hydroxylation is 2. The van der Waals surface area contributed by atoms with E-state index in [1.165, 1.54) is 12.5 Å². The van der Waals surface area contributed by atoms with Crippen LogP contribution < -0.4 is 20.8 Å². The second-order valence-corrected chi connectivity index (χ2v) is 7.14. The third-order valence-electron chi connectivity index (χ3n) is 4.56. The molecule has 170 valence electrons. The largest absolute Gasteiger partial charge is 0.484 e. The predicted molar refractivity (Wildman–Crippen MR) is 123 cm³/mol. The van der Waals surface area contributed by atoms with Crippen molar-refractivity contribution in [3.8, 4) is 5.75 Å². The Morgan fingerprint density at radius 2 is 1.76 bits per heavy atom. The summed E-state index contributed by atoms with van der Waals surface area (Å²) >= 11 is 0. The highest BCUT2D eigenvalue weighted by Gasteiger charge is 2.12. The number of hydrogen-bond acceptors (Lipinski definition) is 6. The number of carbonyl (C=O) groups is 3. The van der Waals surface area contributed by atoms with Crippen LogP contribution in [0.15, 0.2) is 70.4 Å². The molecule has 0 aliphatic carbocycles. The topological polar surface area (TPSA) is 122 Å². The Morgan fingerprint density at radius 1 is 1.00 bits per heavy atom. The standard InChI is InChI=1S/C24H24N4O5/c1-16-6-3-7-17(2)22(16)27-21(29)15-33-19-9-4-8-18(12-19)13-26-28-24(31)23(30)25-14-20-10-5-11-32-20/h3-13H,14-15H2,1-2H3,(H,25,30)(H,27,29)(H,28,31)/b26-13-. The van der Waals surface area contributed by atoms with E-state index >= 15 is 0 Å². The number of amides is 3. The number of nitrogens with one attached hydrogen (secondary N) is 3. The van der Waals surface area contributed by atoms with Crippen LogP contribution in [0.2, 0.25) is 0 Å². The average molecular weight is 448 g/mol. The average Bonchev–Trinajstić information content (AvgIpc) is 3.32. The van der Waals surface area contributed by atoms with Gasteiger partial charge in [0, 0.05) is 5.69 Å². The lowest BCUT2D eigenvalue weighted by molar-refractivity contribution is -0.139. The monoisotopic (exact) mass is 448 g/mol. The first-order valence-corrected chi connectivity index (χ1v) is 10.1. The smallest absolute Gasteiger partial charge is 0.329 e. The molecule has 1 heterocycles. The Hall–Kier alpha value is -4.40. The summed E-state index contributed by atoms with van der Waals surface area (Å²) in [5.74, 6) is -1.04. The normalized spacial score (nSPS) is 10.6. The molecule has 0 saturated heterocycles. The molecule has 3 aromatic rings. The van der Waals surface area contributed by atoms with Crippen LogP contribution in [-0.2, 0) is 20.9 Å². The van der Waals surface area contributed by atoms with E-state index in [9.17, 15) is 14.4 Å². The van der Waals surface area contributed by atoms with Crippen LogP contribution in [0.3, 0.4) is 0 Å². The highest BCUT2D eigenvalue weighted by atomic mass is 16.5. The SMILES string of the molecule is Cc1cccc(C)c1NC(=O)COc1cccc(/C=N\NC(=O)C(=O)NCc2ccco2)c1. The molecule has 0 unspecified atom stereocenters. The lowest BCUT2D eigenvalue weighted by Crippen LogP contribution is -2.37. The summed E-state index contributed by atoms with van der Waals surface area (Å²) < 4.78 is 10.6. The summed E-state index contributed by atoms with van der Waals surface area (Å²) in [6.07, 6.45) is 2.84. The van der Waals surface area contributed by atoms with E-state index in [2.05, 4.69) is 21.2 Å². The molecule has 0 spiro atoms. The van der Waals surface area contributed by atoms with E-state index in [1.54, 1.807) is 36.4 Å². The van der Waals surface area contributed by atoms with Crippen molar-refractivity contribution in [2.24, 2.45) is 5.10 Å². The van der Waals surface area contributed by atoms with Crippen LogP contribution in [0.4, 0.5) is 5.69 Å². The Morgan fingerprint density at radius 3 is 2.48 bits per heavy atom. The number of rotatable bonds is 8. The molecule has 0 radical (unpaired) electrons. The molecule has 2 aromatic carbocycles. The molecule has 3 N–H and O–H groups in total. The molecule has 9 heteroatoms. The zero-order chi connectivity index (χ0) is 23.6. The lowest BCUT2D eigenvalue weighted by Gasteiger charge is -2.12. The molecule has 1 aromatic heterocycles. The van der Waals surface area contributed by atoms with E-state index < -0.39 is 11.8 Å². The minimum atomic E-state index is -0.909. The molecule has 0 aliphatic heterocycles. The fourth-order valence-corrected chi connectivity index (χ4v) is 2.90. The fraction of sp³-hybridized carbons (Fsp3) is 0.167. The van der Waals surface area contributed by atoms with Crippen molar-refractivity contribution in [3.05, 3.63) is 83.3 Å². The first kappa shape index (κ1) is 23.3. The number of anilines is 1. The van der Waals surface area contributed by atoms with Gasteiger partial charge in [0.25, 0.3) is 5.91 Å². The van der Waals surface area contributed by atoms with Crippen molar-refractivity contribution in [2.75, 3.05) is 11.9 Å². The molecular formula is C24H24N4O5. The van der Waals surface area contributed by atoms with Crippen molar-refractivity contribution in [1.82, 2.24) is 10.7 Å². The zero-order valence-corrected chi connectivity index (χ0v) is 18.3. The number of hydrazone groups is 1. The Labute approximate surface area is 190 Å². The van der Waals surface area contributed by atoms with E-state index in [0.717, 1.165) is 16.8 Å². The molecule has 0 saturated carbocycles. The van der Waals surface area contributed by atoms with Crippen LogP contribution in [0.1, 0.15) is 22.5 Å². The molecule has 0 fully saturated rings. The van der Waals surface area contributed by atoms with E-state index in [-0.39, 0.29) is 19.1 Å². The van der Waals surface area contributed by atoms with Gasteiger partial charge in [-0.25, -0.2) is 5.43 Å². The zero-order valence-electron chi connectivity index (χ0n) is 18.3. The maximum Gasteiger partial charge on any atom is 0.329 e. The first-order valence-electron chi connectivity index (χ1n) is 10.1. The second-order valence-electron chi connectivity index (χ2n) is 7.14. The van der Waals surface area contributed by atoms with Crippen molar-refractivity contribution in [3.63, 3.8) is 0 Å². The third-order valence-corrected chi connectivity index (χ3v) is 4.56. The maximum atomic E-state index is 12.3. The summed E-state index contributed by atoms with van der Waals surface area (Å²) in [4.78, 5) is 35.8. The molecule has 33 heavy (non-hydrogen) atoms. The maximum absolute atomic E-state index is 12.3. The highest BCUT2D eigenvalue weighted by molar-refractivity contribution is 6.35. The van der Waals surface area contributed by atoms with Crippen LogP contribution in [0.5, 0.6) is 5.75 Å². The molecule has 0 aliphatic rings. The first-order chi connectivity index (χ1) is 15.9. The van der Waals surface area contributed by atoms with Gasteiger partial charge in [0.1, 0.15) is 11.5 Å². The van der Waals surface area contributed by atoms with Gasteiger partial charge in [-0.2, -0.15) is 5.10 Å². The molecule has 3 rings (SSSR count). The fourth-order valence-electron chi connectivity index (χ4n) is 2.90. The summed E-state index contributed by atoms with van der Waals surface area (Å²) in [6.45, 7) is 3.78. The second kappa shape index (κ2) is 11.3. The van der Waals surface area contributed by atoms with Crippen LogP contribution in [0, 0.1) is 13.8 Å². The molecule has 0 atom stereocenters. The quantitative estimate of drug-likeness (QED) is 0.278. The number of furan rings is 1. The number of nitrogens with zero attached hydrogens (tertiary/aromatic N) is 1. The van der Waals surface area contributed by atoms with Gasteiger partial charge in [-0.1, -0.05) is 30.3 Å². The van der Waals surface area contributed by atoms with Gasteiger partial charge in [-0.05, 0) is 54.8 Å². The van der Waals surface area contributed by atoms with Crippen LogP contribution in [0.25, 0.3) is 0 Å². The van der Waals surface area contributed by atoms with E-state index in [0.29, 0.717) is 17.1 Å². The number of benzene rings is 2. The van der Waals surface area contributed by atoms with Gasteiger partial charge in [0.2, 0.25) is 0 Å². The van der Waals surface area contributed by atoms with E-state index in [1.807, 2.05) is 32.0 Å². The molecule has 9 nitrogen and oxygen atoms in total. The highest BCUT2D eigenvalue weighted by Crippen LogP contribution is 2.19. The van der Waals surface area contributed by atoms with Gasteiger partial charge >= 0.3 is 11.8 Å². The molecular weight excluding hydrogens is 424 g/mol. The van der Waals surface area contributed by atoms with Gasteiger partial charge in [-0.15, -0.1) is 0 Å². The Kier molecular flexibility index (Phi) is 7.96. The number of hydrogen-bond donors (Lipinski definition) is 3. The van der Waals surface area contributed by atoms with Crippen LogP contribution >= 0.6 is 0 Å². The van der Waals surface area contributed by atoms with Gasteiger partial charge in [0.15, 0.2) is 6.61 Å². The van der Waals surface area contributed by atoms with Gasteiger partial charge in [0.05, 0.1) is 19.0 Å². The van der Waals surface area contributed by atoms with Crippen molar-refractivity contribution in [2.45, 2.75) is 20.4 Å². The Bertz CT molecular complexity index is 1140. The minimum absolute atomic E-state index is 0.0966. The number of carbonyl (C=O) groups excluding carboxylic acids is 3. The molecule has 0 bridgehead atoms. The van der Waals surface area contributed by atoms with Gasteiger partial charge in [-0.3, -0.25) is 14.4 Å². The predicted octanol–water partition coefficient (Wildman–Crippen LogP) is 2.68. The third kappa shape index (κ3) is 7.06. The van der Waals surface area contributed by atoms with Crippen molar-refractivity contribution >= 4 is 29.6 Å². The summed E-state index contributed by atoms with van der Waals surface area (Å²) in [5, 5.41) is 9.05. The van der Waals surface area contributed by atoms with Crippen LogP contribution in [-0.4, -0.2) is 30.5 Å². The van der Waals surface area contributed by atoms with E-state index in [4.69, 9.17) is 9.15 Å². The van der Waals surface area contributed by atoms with Crippen molar-refractivity contribution in [1.29, 1.82) is 0 Å². The minimum Gasteiger partial charge on any atom is -0.484 e. The molecule has 3 amide bonds. The number of ether oxygens (including phenoxy) is 1. The lowest BCUT2D eigenvalue weighted by atomic mass is 10.1. The van der Waals surface area contributed by atoms with Crippen molar-refractivity contribution < 1.29 is 23.5 Å². The number of para-hydroxylation sites is 1. The summed E-state index contributed by atoms with van der Waals surface area (Å²) in [6, 6.07) is 15.9. The Balaban J connectivity index is 1.46. The van der Waals surface area contributed by atoms with Gasteiger partial charge < -0.3 is 19.8 Å². The summed E-state index contributed by atoms with van der Waals surface area (Å²) in [7, 11) is 0. The summed E-state index contributed by atoms with van der Waals surface area (Å²) in [5.41, 5.74) is 5.48.